The number of aromatic nitrogens is 3. The average molecular weight is 470 g/mol. The molecule has 0 aliphatic heterocycles. The third-order valence-corrected chi connectivity index (χ3v) is 6.89. The van der Waals surface area contributed by atoms with Crippen LogP contribution in [0.4, 0.5) is 14.9 Å². The van der Waals surface area contributed by atoms with Crippen LogP contribution in [-0.2, 0) is 6.54 Å². The lowest BCUT2D eigenvalue weighted by Gasteiger charge is -2.10. The number of anilines is 1. The molecule has 0 radical (unpaired) electrons. The fraction of sp³-hybridized carbons (Fsp3) is 0.182. The van der Waals surface area contributed by atoms with Crippen LogP contribution in [0.3, 0.4) is 0 Å². The summed E-state index contributed by atoms with van der Waals surface area (Å²) in [5.74, 6) is -0.393. The van der Waals surface area contributed by atoms with Crippen LogP contribution in [0.25, 0.3) is 20.5 Å². The number of benzene rings is 1. The highest BCUT2D eigenvalue weighted by molar-refractivity contribution is 7.23. The fourth-order valence-electron chi connectivity index (χ4n) is 2.99. The molecule has 0 saturated heterocycles. The number of thiophene rings is 1. The van der Waals surface area contributed by atoms with Crippen LogP contribution < -0.4 is 16.2 Å². The Morgan fingerprint density at radius 2 is 2.03 bits per heavy atom. The van der Waals surface area contributed by atoms with Crippen LogP contribution in [-0.4, -0.2) is 27.3 Å². The van der Waals surface area contributed by atoms with Gasteiger partial charge in [-0.2, -0.15) is 5.10 Å². The van der Waals surface area contributed by atoms with Crippen molar-refractivity contribution in [3.8, 4) is 20.5 Å². The lowest BCUT2D eigenvalue weighted by molar-refractivity contribution is 0.251. The van der Waals surface area contributed by atoms with Gasteiger partial charge in [0.05, 0.1) is 22.0 Å². The normalized spacial score (nSPS) is 10.8. The molecule has 0 atom stereocenters. The number of urea groups is 1. The van der Waals surface area contributed by atoms with Gasteiger partial charge in [-0.3, -0.25) is 4.79 Å². The predicted octanol–water partition coefficient (Wildman–Crippen LogP) is 4.67. The number of rotatable bonds is 6. The largest absolute Gasteiger partial charge is 0.336 e. The third kappa shape index (κ3) is 4.92. The quantitative estimate of drug-likeness (QED) is 0.429. The standard InChI is InChI=1S/C22H20FN5O2S2/c1-13-5-6-15(12-16(13)23)26-22(30)24-9-10-28-19(29)8-7-17(27-28)20-14(2)25-21(32-20)18-4-3-11-31-18/h3-8,11-12H,9-10H2,1-2H3,(H2,24,26,30). The second-order valence-electron chi connectivity index (χ2n) is 7.04. The molecule has 164 valence electrons. The zero-order valence-electron chi connectivity index (χ0n) is 17.4. The summed E-state index contributed by atoms with van der Waals surface area (Å²) in [6.07, 6.45) is 0. The van der Waals surface area contributed by atoms with Gasteiger partial charge in [-0.25, -0.2) is 18.9 Å². The second-order valence-corrected chi connectivity index (χ2v) is 8.98. The van der Waals surface area contributed by atoms with Gasteiger partial charge in [-0.05, 0) is 49.1 Å². The van der Waals surface area contributed by atoms with Crippen LogP contribution in [0.5, 0.6) is 0 Å². The summed E-state index contributed by atoms with van der Waals surface area (Å²) in [6.45, 7) is 3.94. The molecule has 3 heterocycles. The highest BCUT2D eigenvalue weighted by Gasteiger charge is 2.14. The molecule has 0 unspecified atom stereocenters. The van der Waals surface area contributed by atoms with Gasteiger partial charge in [0.1, 0.15) is 16.5 Å². The first-order chi connectivity index (χ1) is 15.4. The highest BCUT2D eigenvalue weighted by atomic mass is 32.1. The SMILES string of the molecule is Cc1ccc(NC(=O)NCCn2nc(-c3sc(-c4cccs4)nc3C)ccc2=O)cc1F. The lowest BCUT2D eigenvalue weighted by atomic mass is 10.2. The van der Waals surface area contributed by atoms with Crippen LogP contribution >= 0.6 is 22.7 Å². The van der Waals surface area contributed by atoms with E-state index in [0.717, 1.165) is 20.5 Å². The summed E-state index contributed by atoms with van der Waals surface area (Å²) in [4.78, 5) is 30.9. The van der Waals surface area contributed by atoms with Crippen LogP contribution in [0.2, 0.25) is 0 Å². The van der Waals surface area contributed by atoms with E-state index < -0.39 is 11.8 Å². The number of nitrogens with zero attached hydrogens (tertiary/aromatic N) is 3. The number of carbonyl (C=O) groups is 1. The van der Waals surface area contributed by atoms with E-state index in [2.05, 4.69) is 20.7 Å². The van der Waals surface area contributed by atoms with Crippen molar-refractivity contribution in [3.05, 3.63) is 75.3 Å². The zero-order valence-corrected chi connectivity index (χ0v) is 19.0. The Balaban J connectivity index is 1.42. The monoisotopic (exact) mass is 469 g/mol. The summed E-state index contributed by atoms with van der Waals surface area (Å²) in [6, 6.07) is 11.1. The van der Waals surface area contributed by atoms with Gasteiger partial charge in [0.2, 0.25) is 0 Å². The number of halogens is 1. The van der Waals surface area contributed by atoms with E-state index in [1.165, 1.54) is 28.2 Å². The molecule has 0 bridgehead atoms. The number of aryl methyl sites for hydroxylation is 2. The smallest absolute Gasteiger partial charge is 0.319 e. The first kappa shape index (κ1) is 21.8. The second kappa shape index (κ2) is 9.41. The van der Waals surface area contributed by atoms with E-state index in [9.17, 15) is 14.0 Å². The average Bonchev–Trinajstić information content (AvgIpc) is 3.42. The minimum absolute atomic E-state index is 0.179. The fourth-order valence-corrected chi connectivity index (χ4v) is 4.82. The molecule has 0 aliphatic rings. The van der Waals surface area contributed by atoms with Gasteiger partial charge >= 0.3 is 6.03 Å². The summed E-state index contributed by atoms with van der Waals surface area (Å²) < 4.78 is 14.9. The van der Waals surface area contributed by atoms with Crippen molar-refractivity contribution in [3.63, 3.8) is 0 Å². The molecule has 2 N–H and O–H groups in total. The van der Waals surface area contributed by atoms with Gasteiger partial charge in [0.15, 0.2) is 0 Å². The summed E-state index contributed by atoms with van der Waals surface area (Å²) in [5.41, 5.74) is 2.09. The minimum atomic E-state index is -0.489. The van der Waals surface area contributed by atoms with E-state index >= 15 is 0 Å². The molecule has 4 rings (SSSR count). The molecule has 32 heavy (non-hydrogen) atoms. The van der Waals surface area contributed by atoms with Crippen LogP contribution in [0, 0.1) is 19.7 Å². The number of amides is 2. The number of hydrogen-bond donors (Lipinski definition) is 2. The van der Waals surface area contributed by atoms with E-state index in [-0.39, 0.29) is 18.6 Å². The van der Waals surface area contributed by atoms with Gasteiger partial charge in [0, 0.05) is 18.3 Å². The maximum absolute atomic E-state index is 13.6. The van der Waals surface area contributed by atoms with Crippen molar-refractivity contribution in [2.24, 2.45) is 0 Å². The molecule has 1 aromatic carbocycles. The highest BCUT2D eigenvalue weighted by Crippen LogP contribution is 2.35. The molecule has 4 aromatic rings. The van der Waals surface area contributed by atoms with E-state index in [4.69, 9.17) is 0 Å². The number of thiazole rings is 1. The number of hydrogen-bond acceptors (Lipinski definition) is 6. The Hall–Kier alpha value is -3.37. The molecule has 3 aromatic heterocycles. The lowest BCUT2D eigenvalue weighted by Crippen LogP contribution is -2.34. The minimum Gasteiger partial charge on any atom is -0.336 e. The van der Waals surface area contributed by atoms with Crippen molar-refractivity contribution in [1.82, 2.24) is 20.1 Å². The van der Waals surface area contributed by atoms with Crippen molar-refractivity contribution in [2.45, 2.75) is 20.4 Å². The molecule has 0 aliphatic carbocycles. The third-order valence-electron chi connectivity index (χ3n) is 4.67. The topological polar surface area (TPSA) is 88.9 Å². The van der Waals surface area contributed by atoms with Gasteiger partial charge in [-0.15, -0.1) is 22.7 Å². The first-order valence-corrected chi connectivity index (χ1v) is 11.5. The first-order valence-electron chi connectivity index (χ1n) is 9.81. The van der Waals surface area contributed by atoms with Crippen molar-refractivity contribution in [1.29, 1.82) is 0 Å². The molecule has 7 nitrogen and oxygen atoms in total. The maximum Gasteiger partial charge on any atom is 0.319 e. The number of nitrogens with one attached hydrogen (secondary N) is 2. The molecule has 10 heteroatoms. The molecular formula is C22H20FN5O2S2. The summed E-state index contributed by atoms with van der Waals surface area (Å²) >= 11 is 3.15. The Labute approximate surface area is 191 Å². The predicted molar refractivity (Wildman–Crippen MR) is 126 cm³/mol. The van der Waals surface area contributed by atoms with Crippen molar-refractivity contribution >= 4 is 34.4 Å². The van der Waals surface area contributed by atoms with Crippen molar-refractivity contribution in [2.75, 3.05) is 11.9 Å². The van der Waals surface area contributed by atoms with E-state index in [0.29, 0.717) is 16.9 Å². The molecule has 0 spiro atoms. The Bertz CT molecular complexity index is 1310. The summed E-state index contributed by atoms with van der Waals surface area (Å²) in [5, 5.41) is 12.6. The van der Waals surface area contributed by atoms with Gasteiger partial charge in [0.25, 0.3) is 5.56 Å². The molecular weight excluding hydrogens is 449 g/mol. The Kier molecular flexibility index (Phi) is 6.42. The number of carbonyl (C=O) groups excluding carboxylic acids is 1. The van der Waals surface area contributed by atoms with Gasteiger partial charge in [-0.1, -0.05) is 12.1 Å². The zero-order chi connectivity index (χ0) is 22.7. The van der Waals surface area contributed by atoms with Crippen LogP contribution in [0.1, 0.15) is 11.3 Å². The molecule has 0 saturated carbocycles. The molecule has 0 fully saturated rings. The summed E-state index contributed by atoms with van der Waals surface area (Å²) in [7, 11) is 0. The van der Waals surface area contributed by atoms with E-state index in [1.54, 1.807) is 36.5 Å². The van der Waals surface area contributed by atoms with E-state index in [1.807, 2.05) is 24.4 Å². The van der Waals surface area contributed by atoms with Crippen LogP contribution in [0.15, 0.2) is 52.6 Å². The Morgan fingerprint density at radius 3 is 2.78 bits per heavy atom. The maximum atomic E-state index is 13.6. The van der Waals surface area contributed by atoms with Crippen molar-refractivity contribution < 1.29 is 9.18 Å². The van der Waals surface area contributed by atoms with Gasteiger partial charge < -0.3 is 10.6 Å². The Morgan fingerprint density at radius 1 is 1.19 bits per heavy atom. The molecule has 2 amide bonds.